The molecular weight excluding hydrogens is 141 g/mol. The Labute approximate surface area is 66.1 Å². The molecule has 0 aliphatic carbocycles. The summed E-state index contributed by atoms with van der Waals surface area (Å²) in [6, 6.07) is 1.71. The molecule has 0 aromatic carbocycles. The van der Waals surface area contributed by atoms with Gasteiger partial charge >= 0.3 is 0 Å². The number of hydrogen-bond donors (Lipinski definition) is 0. The number of halogens is 1. The third-order valence-electron chi connectivity index (χ3n) is 1.24. The molecule has 0 aliphatic rings. The van der Waals surface area contributed by atoms with Crippen LogP contribution in [0.4, 0.5) is 4.39 Å². The van der Waals surface area contributed by atoms with Crippen LogP contribution >= 0.6 is 0 Å². The van der Waals surface area contributed by atoms with Gasteiger partial charge in [-0.05, 0) is 19.9 Å². The molecule has 0 saturated carbocycles. The van der Waals surface area contributed by atoms with Crippen molar-refractivity contribution in [3.63, 3.8) is 0 Å². The SMILES string of the molecule is C=C(F)/C(C#N)=C\C(C)=C/C. The van der Waals surface area contributed by atoms with Gasteiger partial charge in [-0.3, -0.25) is 0 Å². The molecule has 0 amide bonds. The third kappa shape index (κ3) is 3.36. The lowest BCUT2D eigenvalue weighted by molar-refractivity contribution is 0.662. The Morgan fingerprint density at radius 1 is 1.64 bits per heavy atom. The van der Waals surface area contributed by atoms with Gasteiger partial charge in [0, 0.05) is 0 Å². The second kappa shape index (κ2) is 4.45. The molecule has 0 bridgehead atoms. The number of rotatable bonds is 2. The van der Waals surface area contributed by atoms with E-state index in [1.807, 2.05) is 6.92 Å². The highest BCUT2D eigenvalue weighted by Crippen LogP contribution is 2.10. The van der Waals surface area contributed by atoms with Crippen LogP contribution < -0.4 is 0 Å². The van der Waals surface area contributed by atoms with Crippen molar-refractivity contribution in [2.75, 3.05) is 0 Å². The van der Waals surface area contributed by atoms with Crippen LogP contribution in [0.1, 0.15) is 13.8 Å². The highest BCUT2D eigenvalue weighted by atomic mass is 19.1. The van der Waals surface area contributed by atoms with Crippen LogP contribution in [-0.2, 0) is 0 Å². The van der Waals surface area contributed by atoms with Crippen LogP contribution in [-0.4, -0.2) is 0 Å². The van der Waals surface area contributed by atoms with Gasteiger partial charge in [0.2, 0.25) is 0 Å². The van der Waals surface area contributed by atoms with Gasteiger partial charge in [-0.25, -0.2) is 4.39 Å². The topological polar surface area (TPSA) is 23.8 Å². The first kappa shape index (κ1) is 9.64. The molecule has 2 heteroatoms. The van der Waals surface area contributed by atoms with Crippen molar-refractivity contribution in [1.82, 2.24) is 0 Å². The van der Waals surface area contributed by atoms with E-state index in [1.165, 1.54) is 6.08 Å². The van der Waals surface area contributed by atoms with Crippen molar-refractivity contribution in [2.45, 2.75) is 13.8 Å². The van der Waals surface area contributed by atoms with E-state index in [0.717, 1.165) is 5.57 Å². The summed E-state index contributed by atoms with van der Waals surface area (Å²) in [7, 11) is 0. The fourth-order valence-corrected chi connectivity index (χ4v) is 0.482. The summed E-state index contributed by atoms with van der Waals surface area (Å²) < 4.78 is 12.4. The van der Waals surface area contributed by atoms with Gasteiger partial charge in [0.15, 0.2) is 0 Å². The highest BCUT2D eigenvalue weighted by Gasteiger charge is 1.98. The van der Waals surface area contributed by atoms with Crippen LogP contribution in [0.5, 0.6) is 0 Å². The van der Waals surface area contributed by atoms with Gasteiger partial charge < -0.3 is 0 Å². The average Bonchev–Trinajstić information content (AvgIpc) is 1.99. The molecule has 1 nitrogen and oxygen atoms in total. The predicted octanol–water partition coefficient (Wildman–Crippen LogP) is 2.89. The average molecular weight is 151 g/mol. The summed E-state index contributed by atoms with van der Waals surface area (Å²) >= 11 is 0. The molecule has 0 N–H and O–H groups in total. The molecule has 0 radical (unpaired) electrons. The van der Waals surface area contributed by atoms with E-state index in [-0.39, 0.29) is 5.57 Å². The van der Waals surface area contributed by atoms with E-state index < -0.39 is 5.83 Å². The molecule has 0 spiro atoms. The Morgan fingerprint density at radius 2 is 2.18 bits per heavy atom. The molecule has 0 aliphatic heterocycles. The van der Waals surface area contributed by atoms with E-state index in [4.69, 9.17) is 5.26 Å². The zero-order chi connectivity index (χ0) is 8.85. The van der Waals surface area contributed by atoms with Gasteiger partial charge in [0.1, 0.15) is 11.9 Å². The Kier molecular flexibility index (Phi) is 3.90. The monoisotopic (exact) mass is 151 g/mol. The number of allylic oxidation sites excluding steroid dienone is 5. The van der Waals surface area contributed by atoms with Crippen molar-refractivity contribution in [1.29, 1.82) is 5.26 Å². The van der Waals surface area contributed by atoms with Crippen molar-refractivity contribution in [2.24, 2.45) is 0 Å². The first-order valence-corrected chi connectivity index (χ1v) is 3.21. The quantitative estimate of drug-likeness (QED) is 0.439. The maximum absolute atomic E-state index is 12.4. The summed E-state index contributed by atoms with van der Waals surface area (Å²) in [5.74, 6) is -0.686. The third-order valence-corrected chi connectivity index (χ3v) is 1.24. The lowest BCUT2D eigenvalue weighted by Crippen LogP contribution is -1.78. The Bertz CT molecular complexity index is 253. The minimum absolute atomic E-state index is 0.0133. The standard InChI is InChI=1S/C9H10FN/c1-4-7(2)5-9(6-11)8(3)10/h4-5H,3H2,1-2H3/b7-4-,9-5-. The maximum atomic E-state index is 12.4. The number of nitrogens with zero attached hydrogens (tertiary/aromatic N) is 1. The molecule has 0 aromatic heterocycles. The summed E-state index contributed by atoms with van der Waals surface area (Å²) in [5, 5.41) is 8.39. The molecule has 0 heterocycles. The second-order valence-corrected chi connectivity index (χ2v) is 2.11. The normalized spacial score (nSPS) is 12.5. The summed E-state index contributed by atoms with van der Waals surface area (Å²) in [6.45, 7) is 6.64. The van der Waals surface area contributed by atoms with Crippen molar-refractivity contribution >= 4 is 0 Å². The molecule has 0 atom stereocenters. The maximum Gasteiger partial charge on any atom is 0.133 e. The van der Waals surface area contributed by atoms with Gasteiger partial charge in [-0.2, -0.15) is 5.26 Å². The molecule has 0 unspecified atom stereocenters. The van der Waals surface area contributed by atoms with E-state index in [2.05, 4.69) is 6.58 Å². The Balaban J connectivity index is 4.67. The Morgan fingerprint density at radius 3 is 2.45 bits per heavy atom. The van der Waals surface area contributed by atoms with Crippen molar-refractivity contribution in [3.05, 3.63) is 35.7 Å². The predicted molar refractivity (Wildman–Crippen MR) is 43.4 cm³/mol. The molecular formula is C9H10FN. The van der Waals surface area contributed by atoms with Crippen molar-refractivity contribution < 1.29 is 4.39 Å². The van der Waals surface area contributed by atoms with E-state index in [9.17, 15) is 4.39 Å². The highest BCUT2D eigenvalue weighted by molar-refractivity contribution is 5.41. The van der Waals surface area contributed by atoms with Crippen LogP contribution in [0.2, 0.25) is 0 Å². The number of hydrogen-bond acceptors (Lipinski definition) is 1. The first-order valence-electron chi connectivity index (χ1n) is 3.21. The minimum Gasteiger partial charge on any atom is -0.206 e. The Hall–Kier alpha value is -1.36. The zero-order valence-corrected chi connectivity index (χ0v) is 6.69. The smallest absolute Gasteiger partial charge is 0.133 e. The zero-order valence-electron chi connectivity index (χ0n) is 6.69. The van der Waals surface area contributed by atoms with Gasteiger partial charge in [0.25, 0.3) is 0 Å². The molecule has 0 saturated heterocycles. The van der Waals surface area contributed by atoms with Gasteiger partial charge in [0.05, 0.1) is 5.57 Å². The van der Waals surface area contributed by atoms with Gasteiger partial charge in [-0.1, -0.05) is 18.2 Å². The first-order chi connectivity index (χ1) is 5.11. The van der Waals surface area contributed by atoms with E-state index in [1.54, 1.807) is 19.1 Å². The minimum atomic E-state index is -0.686. The van der Waals surface area contributed by atoms with Gasteiger partial charge in [-0.15, -0.1) is 0 Å². The molecule has 58 valence electrons. The van der Waals surface area contributed by atoms with Crippen LogP contribution in [0, 0.1) is 11.3 Å². The fraction of sp³-hybridized carbons (Fsp3) is 0.222. The van der Waals surface area contributed by atoms with Crippen LogP contribution in [0.15, 0.2) is 35.7 Å². The largest absolute Gasteiger partial charge is 0.206 e. The second-order valence-electron chi connectivity index (χ2n) is 2.11. The van der Waals surface area contributed by atoms with Crippen molar-refractivity contribution in [3.8, 4) is 6.07 Å². The molecule has 11 heavy (non-hydrogen) atoms. The lowest BCUT2D eigenvalue weighted by atomic mass is 10.2. The summed E-state index contributed by atoms with van der Waals surface area (Å²) in [5.41, 5.74) is 0.834. The summed E-state index contributed by atoms with van der Waals surface area (Å²) in [4.78, 5) is 0. The van der Waals surface area contributed by atoms with Crippen LogP contribution in [0.25, 0.3) is 0 Å². The molecule has 0 fully saturated rings. The lowest BCUT2D eigenvalue weighted by Gasteiger charge is -1.91. The molecule has 0 aromatic rings. The van der Waals surface area contributed by atoms with E-state index >= 15 is 0 Å². The summed E-state index contributed by atoms with van der Waals surface area (Å²) in [6.07, 6.45) is 3.25. The molecule has 0 rings (SSSR count). The van der Waals surface area contributed by atoms with E-state index in [0.29, 0.717) is 0 Å². The van der Waals surface area contributed by atoms with Crippen LogP contribution in [0.3, 0.4) is 0 Å². The number of nitriles is 1. The fourth-order valence-electron chi connectivity index (χ4n) is 0.482.